The maximum Gasteiger partial charge on any atom is 0.298 e. The summed E-state index contributed by atoms with van der Waals surface area (Å²) in [5.41, 5.74) is 1.66. The Kier molecular flexibility index (Phi) is 5.76. The van der Waals surface area contributed by atoms with Gasteiger partial charge in [0.1, 0.15) is 22.9 Å². The summed E-state index contributed by atoms with van der Waals surface area (Å²) in [6.07, 6.45) is 1.67. The highest BCUT2D eigenvalue weighted by Crippen LogP contribution is 2.36. The van der Waals surface area contributed by atoms with Crippen molar-refractivity contribution in [2.45, 2.75) is 9.79 Å². The second-order valence-corrected chi connectivity index (χ2v) is 7.24. The molecule has 4 aromatic rings. The highest BCUT2D eigenvalue weighted by molar-refractivity contribution is 7.99. The van der Waals surface area contributed by atoms with Crippen molar-refractivity contribution in [1.82, 2.24) is 15.0 Å². The van der Waals surface area contributed by atoms with E-state index in [1.54, 1.807) is 30.5 Å². The molecule has 0 radical (unpaired) electrons. The Balaban J connectivity index is 1.66. The fourth-order valence-corrected chi connectivity index (χ4v) is 3.87. The summed E-state index contributed by atoms with van der Waals surface area (Å²) in [7, 11) is 1.48. The number of benzene rings is 3. The zero-order chi connectivity index (χ0) is 20.9. The van der Waals surface area contributed by atoms with E-state index in [1.807, 2.05) is 36.4 Å². The molecule has 0 saturated carbocycles. The monoisotopic (exact) mass is 421 g/mol. The number of hydrogen-bond acceptors (Lipinski definition) is 6. The van der Waals surface area contributed by atoms with E-state index in [9.17, 15) is 9.18 Å². The minimum Gasteiger partial charge on any atom is -0.494 e. The van der Waals surface area contributed by atoms with Crippen molar-refractivity contribution >= 4 is 18.2 Å². The first-order valence-corrected chi connectivity index (χ1v) is 9.74. The van der Waals surface area contributed by atoms with Gasteiger partial charge in [0, 0.05) is 15.4 Å². The van der Waals surface area contributed by atoms with Gasteiger partial charge in [0.15, 0.2) is 5.82 Å². The second kappa shape index (κ2) is 8.79. The standard InChI is InChI=1S/C22H16FN3O3S/c1-28-20-7-4-6-18(23)22(20)26-13-19(24-25-26)17-5-2-3-8-21(17)30-16-11-9-15(10-12-16)29-14-27/h2-14H,1H3. The van der Waals surface area contributed by atoms with Crippen molar-refractivity contribution in [3.05, 3.63) is 78.7 Å². The van der Waals surface area contributed by atoms with Crippen molar-refractivity contribution in [3.63, 3.8) is 0 Å². The summed E-state index contributed by atoms with van der Waals surface area (Å²) in [6, 6.07) is 19.5. The van der Waals surface area contributed by atoms with Crippen LogP contribution in [0.3, 0.4) is 0 Å². The van der Waals surface area contributed by atoms with Crippen molar-refractivity contribution in [2.75, 3.05) is 7.11 Å². The molecule has 0 N–H and O–H groups in total. The van der Waals surface area contributed by atoms with E-state index in [0.717, 1.165) is 15.4 Å². The molecule has 4 rings (SSSR count). The van der Waals surface area contributed by atoms with Crippen LogP contribution in [-0.4, -0.2) is 28.6 Å². The van der Waals surface area contributed by atoms with Gasteiger partial charge in [-0.2, -0.15) is 0 Å². The third-order valence-electron chi connectivity index (χ3n) is 4.29. The average Bonchev–Trinajstić information content (AvgIpc) is 3.25. The van der Waals surface area contributed by atoms with Crippen LogP contribution in [0.15, 0.2) is 82.7 Å². The lowest BCUT2D eigenvalue weighted by Gasteiger charge is -2.08. The van der Waals surface area contributed by atoms with Crippen LogP contribution in [0.2, 0.25) is 0 Å². The van der Waals surface area contributed by atoms with E-state index in [1.165, 1.54) is 29.6 Å². The molecule has 8 heteroatoms. The van der Waals surface area contributed by atoms with Crippen molar-refractivity contribution in [3.8, 4) is 28.4 Å². The number of halogens is 1. The number of rotatable bonds is 7. The van der Waals surface area contributed by atoms with E-state index in [2.05, 4.69) is 10.3 Å². The zero-order valence-electron chi connectivity index (χ0n) is 15.9. The minimum absolute atomic E-state index is 0.203. The van der Waals surface area contributed by atoms with Crippen LogP contribution in [0.5, 0.6) is 11.5 Å². The summed E-state index contributed by atoms with van der Waals surface area (Å²) in [4.78, 5) is 12.4. The smallest absolute Gasteiger partial charge is 0.298 e. The largest absolute Gasteiger partial charge is 0.494 e. The summed E-state index contributed by atoms with van der Waals surface area (Å²) in [6.45, 7) is 0.394. The van der Waals surface area contributed by atoms with Gasteiger partial charge >= 0.3 is 0 Å². The van der Waals surface area contributed by atoms with Crippen LogP contribution >= 0.6 is 11.8 Å². The summed E-state index contributed by atoms with van der Waals surface area (Å²) in [5.74, 6) is 0.391. The van der Waals surface area contributed by atoms with Crippen LogP contribution in [0.1, 0.15) is 0 Å². The second-order valence-electron chi connectivity index (χ2n) is 6.12. The van der Waals surface area contributed by atoms with Gasteiger partial charge in [-0.1, -0.05) is 41.2 Å². The van der Waals surface area contributed by atoms with Gasteiger partial charge in [-0.3, -0.25) is 4.79 Å². The quantitative estimate of drug-likeness (QED) is 0.401. The van der Waals surface area contributed by atoms with Crippen molar-refractivity contribution in [2.24, 2.45) is 0 Å². The summed E-state index contributed by atoms with van der Waals surface area (Å²) >= 11 is 1.53. The molecule has 30 heavy (non-hydrogen) atoms. The molecule has 0 spiro atoms. The highest BCUT2D eigenvalue weighted by atomic mass is 32.2. The first-order chi connectivity index (χ1) is 14.7. The molecule has 0 aliphatic carbocycles. The van der Waals surface area contributed by atoms with Crippen molar-refractivity contribution in [1.29, 1.82) is 0 Å². The van der Waals surface area contributed by atoms with Crippen LogP contribution in [0.25, 0.3) is 16.9 Å². The first-order valence-electron chi connectivity index (χ1n) is 8.92. The Morgan fingerprint density at radius 3 is 2.60 bits per heavy atom. The lowest BCUT2D eigenvalue weighted by molar-refractivity contribution is -0.120. The SMILES string of the molecule is COc1cccc(F)c1-n1cc(-c2ccccc2Sc2ccc(OC=O)cc2)nn1. The number of hydrogen-bond donors (Lipinski definition) is 0. The van der Waals surface area contributed by atoms with Gasteiger partial charge in [0.25, 0.3) is 6.47 Å². The van der Waals surface area contributed by atoms with E-state index in [4.69, 9.17) is 9.47 Å². The fraction of sp³-hybridized carbons (Fsp3) is 0.0455. The number of carbonyl (C=O) groups is 1. The maximum absolute atomic E-state index is 14.4. The Labute approximate surface area is 176 Å². The molecule has 0 bridgehead atoms. The van der Waals surface area contributed by atoms with Gasteiger partial charge in [0.2, 0.25) is 0 Å². The Bertz CT molecular complexity index is 1180. The molecule has 0 aliphatic rings. The number of para-hydroxylation sites is 1. The summed E-state index contributed by atoms with van der Waals surface area (Å²) < 4.78 is 25.8. The molecule has 0 fully saturated rings. The molecular formula is C22H16FN3O3S. The maximum atomic E-state index is 14.4. The van der Waals surface area contributed by atoms with Gasteiger partial charge < -0.3 is 9.47 Å². The lowest BCUT2D eigenvalue weighted by Crippen LogP contribution is -2.01. The molecule has 6 nitrogen and oxygen atoms in total. The van der Waals surface area contributed by atoms with E-state index in [0.29, 0.717) is 23.7 Å². The van der Waals surface area contributed by atoms with E-state index >= 15 is 0 Å². The Morgan fingerprint density at radius 2 is 1.83 bits per heavy atom. The van der Waals surface area contributed by atoms with E-state index in [-0.39, 0.29) is 5.69 Å². The van der Waals surface area contributed by atoms with Crippen molar-refractivity contribution < 1.29 is 18.7 Å². The lowest BCUT2D eigenvalue weighted by atomic mass is 10.2. The number of methoxy groups -OCH3 is 1. The van der Waals surface area contributed by atoms with Gasteiger partial charge in [-0.25, -0.2) is 9.07 Å². The number of aromatic nitrogens is 3. The molecule has 0 unspecified atom stereocenters. The average molecular weight is 421 g/mol. The molecule has 1 aromatic heterocycles. The van der Waals surface area contributed by atoms with Gasteiger partial charge in [-0.15, -0.1) is 5.10 Å². The highest BCUT2D eigenvalue weighted by Gasteiger charge is 2.16. The van der Waals surface area contributed by atoms with Crippen LogP contribution in [0, 0.1) is 5.82 Å². The predicted molar refractivity (Wildman–Crippen MR) is 111 cm³/mol. The molecule has 1 heterocycles. The fourth-order valence-electron chi connectivity index (χ4n) is 2.92. The number of ether oxygens (including phenoxy) is 2. The molecular weight excluding hydrogens is 405 g/mol. The minimum atomic E-state index is -0.453. The molecule has 0 amide bonds. The zero-order valence-corrected chi connectivity index (χ0v) is 16.7. The van der Waals surface area contributed by atoms with Crippen LogP contribution in [0.4, 0.5) is 4.39 Å². The molecule has 3 aromatic carbocycles. The normalized spacial score (nSPS) is 10.6. The topological polar surface area (TPSA) is 66.2 Å². The van der Waals surface area contributed by atoms with Gasteiger partial charge in [-0.05, 0) is 42.5 Å². The third-order valence-corrected chi connectivity index (χ3v) is 5.37. The Hall–Kier alpha value is -3.65. The third kappa shape index (κ3) is 4.04. The molecule has 0 atom stereocenters. The van der Waals surface area contributed by atoms with E-state index < -0.39 is 5.82 Å². The Morgan fingerprint density at radius 1 is 1.03 bits per heavy atom. The number of nitrogens with zero attached hydrogens (tertiary/aromatic N) is 3. The van der Waals surface area contributed by atoms with Gasteiger partial charge in [0.05, 0.1) is 13.3 Å². The van der Waals surface area contributed by atoms with Crippen LogP contribution in [-0.2, 0) is 4.79 Å². The number of carbonyl (C=O) groups excluding carboxylic acids is 1. The first kappa shape index (κ1) is 19.7. The summed E-state index contributed by atoms with van der Waals surface area (Å²) in [5, 5.41) is 8.34. The molecule has 0 saturated heterocycles. The van der Waals surface area contributed by atoms with Crippen LogP contribution < -0.4 is 9.47 Å². The molecule has 0 aliphatic heterocycles. The predicted octanol–water partition coefficient (Wildman–Crippen LogP) is 4.77. The molecule has 150 valence electrons.